The maximum absolute atomic E-state index is 12.5. The van der Waals surface area contributed by atoms with E-state index in [0.29, 0.717) is 4.88 Å². The molecule has 24 heavy (non-hydrogen) atoms. The Morgan fingerprint density at radius 3 is 2.67 bits per heavy atom. The number of carbonyl (C=O) groups is 1. The predicted octanol–water partition coefficient (Wildman–Crippen LogP) is 3.14. The number of para-hydroxylation sites is 1. The highest BCUT2D eigenvalue weighted by atomic mass is 32.1. The van der Waals surface area contributed by atoms with Crippen LogP contribution < -0.4 is 5.32 Å². The number of aryl methyl sites for hydroxylation is 1. The van der Waals surface area contributed by atoms with Crippen molar-refractivity contribution in [2.24, 2.45) is 5.92 Å². The highest BCUT2D eigenvalue weighted by Gasteiger charge is 2.20. The predicted molar refractivity (Wildman–Crippen MR) is 96.9 cm³/mol. The average Bonchev–Trinajstić information content (AvgIpc) is 3.14. The highest BCUT2D eigenvalue weighted by Crippen LogP contribution is 2.30. The number of aliphatic hydroxyl groups is 1. The largest absolute Gasteiger partial charge is 0.394 e. The van der Waals surface area contributed by atoms with Crippen LogP contribution in [0.1, 0.15) is 29.2 Å². The molecule has 0 bridgehead atoms. The molecule has 1 aromatic carbocycles. The van der Waals surface area contributed by atoms with Crippen LogP contribution in [-0.2, 0) is 0 Å². The van der Waals surface area contributed by atoms with Gasteiger partial charge in [-0.3, -0.25) is 4.79 Å². The first kappa shape index (κ1) is 16.7. The number of amides is 1. The Morgan fingerprint density at radius 1 is 1.33 bits per heavy atom. The molecule has 3 aromatic rings. The van der Waals surface area contributed by atoms with Gasteiger partial charge in [-0.1, -0.05) is 32.0 Å². The first-order valence-electron chi connectivity index (χ1n) is 7.97. The zero-order valence-corrected chi connectivity index (χ0v) is 14.8. The Labute approximate surface area is 144 Å². The van der Waals surface area contributed by atoms with Crippen LogP contribution in [0.15, 0.2) is 36.4 Å². The van der Waals surface area contributed by atoms with Gasteiger partial charge in [0.1, 0.15) is 4.83 Å². The molecule has 0 saturated heterocycles. The van der Waals surface area contributed by atoms with Gasteiger partial charge in [-0.15, -0.1) is 11.3 Å². The van der Waals surface area contributed by atoms with Crippen molar-refractivity contribution in [3.05, 3.63) is 47.0 Å². The zero-order chi connectivity index (χ0) is 17.3. The van der Waals surface area contributed by atoms with E-state index >= 15 is 0 Å². The Hall–Kier alpha value is -2.18. The third-order valence-electron chi connectivity index (χ3n) is 4.09. The lowest BCUT2D eigenvalue weighted by Gasteiger charge is -2.19. The maximum Gasteiger partial charge on any atom is 0.261 e. The number of nitrogens with zero attached hydrogens (tertiary/aromatic N) is 2. The van der Waals surface area contributed by atoms with Crippen molar-refractivity contribution in [2.75, 3.05) is 6.61 Å². The van der Waals surface area contributed by atoms with E-state index in [9.17, 15) is 9.90 Å². The third-order valence-corrected chi connectivity index (χ3v) is 5.20. The summed E-state index contributed by atoms with van der Waals surface area (Å²) >= 11 is 1.42. The number of fused-ring (bicyclic) bond motifs is 1. The standard InChI is InChI=1S/C18H21N3O2S/c1-11(2)15(10-22)19-17(23)16-9-14-12(3)20-21(18(14)24-16)13-7-5-4-6-8-13/h4-9,11,15,22H,10H2,1-3H3,(H,19,23). The summed E-state index contributed by atoms with van der Waals surface area (Å²) in [7, 11) is 0. The minimum atomic E-state index is -0.241. The molecule has 0 aliphatic carbocycles. The van der Waals surface area contributed by atoms with Crippen molar-refractivity contribution in [1.29, 1.82) is 0 Å². The number of nitrogens with one attached hydrogen (secondary N) is 1. The molecule has 2 aromatic heterocycles. The van der Waals surface area contributed by atoms with Gasteiger partial charge in [-0.25, -0.2) is 4.68 Å². The molecule has 0 saturated carbocycles. The Balaban J connectivity index is 1.96. The fourth-order valence-corrected chi connectivity index (χ4v) is 3.65. The maximum atomic E-state index is 12.5. The molecular formula is C18H21N3O2S. The molecule has 126 valence electrons. The van der Waals surface area contributed by atoms with Crippen LogP contribution in [0.4, 0.5) is 0 Å². The molecule has 2 heterocycles. The van der Waals surface area contributed by atoms with Crippen LogP contribution in [-0.4, -0.2) is 33.4 Å². The fraction of sp³-hybridized carbons (Fsp3) is 0.333. The summed E-state index contributed by atoms with van der Waals surface area (Å²) in [6.45, 7) is 5.83. The van der Waals surface area contributed by atoms with Crippen LogP contribution in [0, 0.1) is 12.8 Å². The van der Waals surface area contributed by atoms with E-state index < -0.39 is 0 Å². The van der Waals surface area contributed by atoms with E-state index in [2.05, 4.69) is 10.4 Å². The van der Waals surface area contributed by atoms with E-state index in [0.717, 1.165) is 21.6 Å². The molecule has 2 N–H and O–H groups in total. The number of carbonyl (C=O) groups excluding carboxylic acids is 1. The first-order chi connectivity index (χ1) is 11.5. The Morgan fingerprint density at radius 2 is 2.04 bits per heavy atom. The molecule has 3 rings (SSSR count). The van der Waals surface area contributed by atoms with Gasteiger partial charge in [0.15, 0.2) is 0 Å². The number of aliphatic hydroxyl groups excluding tert-OH is 1. The molecular weight excluding hydrogens is 322 g/mol. The topological polar surface area (TPSA) is 67.2 Å². The lowest BCUT2D eigenvalue weighted by atomic mass is 10.1. The molecule has 0 spiro atoms. The second kappa shape index (κ2) is 6.75. The van der Waals surface area contributed by atoms with Crippen LogP contribution in [0.3, 0.4) is 0 Å². The zero-order valence-electron chi connectivity index (χ0n) is 14.0. The van der Waals surface area contributed by atoms with E-state index in [1.165, 1.54) is 11.3 Å². The molecule has 0 fully saturated rings. The minimum Gasteiger partial charge on any atom is -0.394 e. The smallest absolute Gasteiger partial charge is 0.261 e. The van der Waals surface area contributed by atoms with Crippen molar-refractivity contribution < 1.29 is 9.90 Å². The lowest BCUT2D eigenvalue weighted by Crippen LogP contribution is -2.40. The summed E-state index contributed by atoms with van der Waals surface area (Å²) in [4.78, 5) is 14.1. The normalized spacial score (nSPS) is 12.7. The van der Waals surface area contributed by atoms with Gasteiger partial charge in [0.2, 0.25) is 0 Å². The summed E-state index contributed by atoms with van der Waals surface area (Å²) < 4.78 is 1.87. The van der Waals surface area contributed by atoms with E-state index in [1.54, 1.807) is 0 Å². The van der Waals surface area contributed by atoms with Crippen LogP contribution >= 0.6 is 11.3 Å². The number of benzene rings is 1. The van der Waals surface area contributed by atoms with Crippen LogP contribution in [0.5, 0.6) is 0 Å². The number of thiophene rings is 1. The average molecular weight is 343 g/mol. The van der Waals surface area contributed by atoms with Gasteiger partial charge in [0, 0.05) is 5.39 Å². The first-order valence-corrected chi connectivity index (χ1v) is 8.79. The molecule has 0 aliphatic heterocycles. The van der Waals surface area contributed by atoms with Crippen molar-refractivity contribution in [1.82, 2.24) is 15.1 Å². The van der Waals surface area contributed by atoms with Gasteiger partial charge in [-0.2, -0.15) is 5.10 Å². The molecule has 1 atom stereocenters. The molecule has 1 amide bonds. The van der Waals surface area contributed by atoms with Crippen molar-refractivity contribution >= 4 is 27.5 Å². The summed E-state index contributed by atoms with van der Waals surface area (Å²) in [5.74, 6) is 0.0258. The minimum absolute atomic E-state index is 0.0644. The van der Waals surface area contributed by atoms with Gasteiger partial charge < -0.3 is 10.4 Å². The number of aromatic nitrogens is 2. The highest BCUT2D eigenvalue weighted by molar-refractivity contribution is 7.20. The van der Waals surface area contributed by atoms with Gasteiger partial charge in [0.25, 0.3) is 5.91 Å². The summed E-state index contributed by atoms with van der Waals surface area (Å²) in [6, 6.07) is 11.5. The van der Waals surface area contributed by atoms with Crippen molar-refractivity contribution in [3.63, 3.8) is 0 Å². The van der Waals surface area contributed by atoms with Crippen molar-refractivity contribution in [3.8, 4) is 5.69 Å². The fourth-order valence-electron chi connectivity index (χ4n) is 2.57. The van der Waals surface area contributed by atoms with E-state index in [-0.39, 0.29) is 24.5 Å². The summed E-state index contributed by atoms with van der Waals surface area (Å²) in [6.07, 6.45) is 0. The second-order valence-electron chi connectivity index (χ2n) is 6.17. The summed E-state index contributed by atoms with van der Waals surface area (Å²) in [5, 5.41) is 17.9. The summed E-state index contributed by atoms with van der Waals surface area (Å²) in [5.41, 5.74) is 1.87. The lowest BCUT2D eigenvalue weighted by molar-refractivity contribution is 0.0901. The monoisotopic (exact) mass is 343 g/mol. The molecule has 0 radical (unpaired) electrons. The van der Waals surface area contributed by atoms with E-state index in [1.807, 2.05) is 61.9 Å². The SMILES string of the molecule is Cc1nn(-c2ccccc2)c2sc(C(=O)NC(CO)C(C)C)cc12. The van der Waals surface area contributed by atoms with Crippen LogP contribution in [0.25, 0.3) is 15.9 Å². The molecule has 6 heteroatoms. The Bertz CT molecular complexity index is 852. The van der Waals surface area contributed by atoms with Crippen molar-refractivity contribution in [2.45, 2.75) is 26.8 Å². The second-order valence-corrected chi connectivity index (χ2v) is 7.20. The number of rotatable bonds is 5. The quantitative estimate of drug-likeness (QED) is 0.748. The third kappa shape index (κ3) is 3.07. The molecule has 5 nitrogen and oxygen atoms in total. The van der Waals surface area contributed by atoms with Gasteiger partial charge >= 0.3 is 0 Å². The number of hydrogen-bond acceptors (Lipinski definition) is 4. The van der Waals surface area contributed by atoms with Gasteiger partial charge in [-0.05, 0) is 31.0 Å². The van der Waals surface area contributed by atoms with E-state index in [4.69, 9.17) is 0 Å². The van der Waals surface area contributed by atoms with Crippen LogP contribution in [0.2, 0.25) is 0 Å². The van der Waals surface area contributed by atoms with Gasteiger partial charge in [0.05, 0.1) is 28.9 Å². The number of hydrogen-bond donors (Lipinski definition) is 2. The molecule has 0 aliphatic rings. The Kier molecular flexibility index (Phi) is 4.69. The molecule has 1 unspecified atom stereocenters.